The number of esters is 1. The maximum Gasteiger partial charge on any atom is 0.459 e. The first-order valence-electron chi connectivity index (χ1n) is 13.7. The monoisotopic (exact) mass is 629 g/mol. The fourth-order valence-corrected chi connectivity index (χ4v) is 5.75. The second-order valence-corrected chi connectivity index (χ2v) is 12.2. The molecule has 0 bridgehead atoms. The summed E-state index contributed by atoms with van der Waals surface area (Å²) in [5.41, 5.74) is -2.70. The molecule has 6 atom stereocenters. The van der Waals surface area contributed by atoms with Gasteiger partial charge in [0.05, 0.1) is 12.7 Å². The first-order valence-corrected chi connectivity index (χ1v) is 15.2. The van der Waals surface area contributed by atoms with E-state index in [1.807, 2.05) is 35.3 Å². The molecule has 0 saturated carbocycles. The van der Waals surface area contributed by atoms with E-state index in [-0.39, 0.29) is 5.75 Å². The van der Waals surface area contributed by atoms with E-state index >= 15 is 4.39 Å². The first kappa shape index (κ1) is 32.9. The molecule has 2 heterocycles. The molecule has 2 aromatic carbocycles. The van der Waals surface area contributed by atoms with Crippen LogP contribution in [0, 0.1) is 11.8 Å². The molecular weight excluding hydrogens is 596 g/mol. The Balaban J connectivity index is 1.53. The Morgan fingerprint density at radius 2 is 1.75 bits per heavy atom. The number of carbonyl (C=O) groups excluding carboxylic acids is 1. The van der Waals surface area contributed by atoms with Gasteiger partial charge in [0.2, 0.25) is 0 Å². The van der Waals surface area contributed by atoms with Crippen molar-refractivity contribution in [3.05, 3.63) is 98.8 Å². The molecule has 1 saturated heterocycles. The van der Waals surface area contributed by atoms with Gasteiger partial charge in [-0.05, 0) is 64.1 Å². The largest absolute Gasteiger partial charge is 0.462 e. The molecule has 1 fully saturated rings. The molecule has 1 aromatic heterocycles. The van der Waals surface area contributed by atoms with Gasteiger partial charge in [-0.3, -0.25) is 23.7 Å². The number of aromatic amines is 1. The number of aliphatic hydroxyl groups is 1. The third kappa shape index (κ3) is 8.11. The summed E-state index contributed by atoms with van der Waals surface area (Å²) in [5.74, 6) is 5.40. The van der Waals surface area contributed by atoms with Crippen LogP contribution in [-0.4, -0.2) is 57.3 Å². The van der Waals surface area contributed by atoms with Gasteiger partial charge >= 0.3 is 19.4 Å². The summed E-state index contributed by atoms with van der Waals surface area (Å²) in [7, 11) is -4.42. The Labute approximate surface area is 252 Å². The van der Waals surface area contributed by atoms with Crippen LogP contribution < -0.4 is 20.9 Å². The smallest absolute Gasteiger partial charge is 0.459 e. The van der Waals surface area contributed by atoms with Crippen molar-refractivity contribution in [1.29, 1.82) is 0 Å². The summed E-state index contributed by atoms with van der Waals surface area (Å²) in [6.07, 6.45) is -4.33. The Kier molecular flexibility index (Phi) is 10.2. The zero-order valence-corrected chi connectivity index (χ0v) is 25.3. The lowest BCUT2D eigenvalue weighted by Crippen LogP contribution is -2.43. The molecule has 3 aromatic rings. The molecule has 0 radical (unpaired) electrons. The molecule has 4 rings (SSSR count). The number of nitrogens with one attached hydrogen (secondary N) is 2. The summed E-state index contributed by atoms with van der Waals surface area (Å²) in [6, 6.07) is 15.5. The number of aromatic nitrogens is 2. The molecule has 0 spiro atoms. The molecule has 44 heavy (non-hydrogen) atoms. The minimum atomic E-state index is -4.42. The molecule has 6 unspecified atom stereocenters. The van der Waals surface area contributed by atoms with Gasteiger partial charge in [-0.2, -0.15) is 5.09 Å². The lowest BCUT2D eigenvalue weighted by molar-refractivity contribution is -0.149. The molecule has 1 aliphatic heterocycles. The van der Waals surface area contributed by atoms with E-state index in [0.717, 1.165) is 29.3 Å². The molecule has 3 N–H and O–H groups in total. The van der Waals surface area contributed by atoms with Gasteiger partial charge in [0.15, 0.2) is 11.9 Å². The Bertz CT molecular complexity index is 1680. The summed E-state index contributed by atoms with van der Waals surface area (Å²) in [5, 5.41) is 13.2. The van der Waals surface area contributed by atoms with Gasteiger partial charge < -0.3 is 19.1 Å². The maximum absolute atomic E-state index is 15.6. The van der Waals surface area contributed by atoms with E-state index in [4.69, 9.17) is 18.5 Å². The van der Waals surface area contributed by atoms with Crippen molar-refractivity contribution in [3.8, 4) is 17.6 Å². The van der Waals surface area contributed by atoms with E-state index < -0.39 is 67.8 Å². The van der Waals surface area contributed by atoms with E-state index in [0.29, 0.717) is 5.56 Å². The van der Waals surface area contributed by atoms with Crippen molar-refractivity contribution in [3.63, 3.8) is 0 Å². The predicted molar refractivity (Wildman–Crippen MR) is 158 cm³/mol. The van der Waals surface area contributed by atoms with Crippen LogP contribution in [0.3, 0.4) is 0 Å². The standard InChI is InChI=1S/C30H33FN3O9P/c1-19(2)41-27(37)20(3)33-44(39,43-23-14-12-22(13-15-23)11-10-21-8-6-5-7-9-21)40-18-24-26(36)30(4,31)28(42-24)34-17-16-25(35)32-29(34)38/h5-9,12-17,19-20,24,26,28,36H,18H2,1-4H3,(H,33,39)(H,32,35,38). The van der Waals surface area contributed by atoms with Crippen LogP contribution in [0.4, 0.5) is 4.39 Å². The number of carbonyl (C=O) groups is 1. The van der Waals surface area contributed by atoms with Gasteiger partial charge in [-0.1, -0.05) is 30.0 Å². The predicted octanol–water partition coefficient (Wildman–Crippen LogP) is 3.06. The zero-order valence-electron chi connectivity index (χ0n) is 24.4. The second-order valence-electron chi connectivity index (χ2n) is 10.5. The molecule has 0 amide bonds. The van der Waals surface area contributed by atoms with E-state index in [2.05, 4.69) is 16.9 Å². The third-order valence-corrected chi connectivity index (χ3v) is 8.14. The fraction of sp³-hybridized carbons (Fsp3) is 0.367. The summed E-state index contributed by atoms with van der Waals surface area (Å²) >= 11 is 0. The topological polar surface area (TPSA) is 158 Å². The van der Waals surface area contributed by atoms with Crippen LogP contribution >= 0.6 is 7.75 Å². The number of halogens is 1. The van der Waals surface area contributed by atoms with Gasteiger partial charge in [-0.15, -0.1) is 0 Å². The van der Waals surface area contributed by atoms with E-state index in [1.165, 1.54) is 19.1 Å². The van der Waals surface area contributed by atoms with Crippen LogP contribution in [-0.2, 0) is 23.4 Å². The van der Waals surface area contributed by atoms with Crippen LogP contribution in [0.1, 0.15) is 45.0 Å². The molecule has 0 aliphatic carbocycles. The Morgan fingerprint density at radius 3 is 2.36 bits per heavy atom. The highest BCUT2D eigenvalue weighted by atomic mass is 31.2. The number of H-pyrrole nitrogens is 1. The van der Waals surface area contributed by atoms with Crippen LogP contribution in [0.5, 0.6) is 5.75 Å². The van der Waals surface area contributed by atoms with Gasteiger partial charge in [0.25, 0.3) is 5.56 Å². The van der Waals surface area contributed by atoms with Crippen molar-refractivity contribution in [2.75, 3.05) is 6.61 Å². The maximum atomic E-state index is 15.6. The number of hydrogen-bond acceptors (Lipinski definition) is 9. The number of benzene rings is 2. The minimum Gasteiger partial charge on any atom is -0.462 e. The van der Waals surface area contributed by atoms with Gasteiger partial charge in [-0.25, -0.2) is 13.8 Å². The highest BCUT2D eigenvalue weighted by molar-refractivity contribution is 7.52. The van der Waals surface area contributed by atoms with Crippen molar-refractivity contribution < 1.29 is 37.4 Å². The molecule has 12 nitrogen and oxygen atoms in total. The number of hydrogen-bond donors (Lipinski definition) is 3. The van der Waals surface area contributed by atoms with E-state index in [1.54, 1.807) is 26.0 Å². The lowest BCUT2D eigenvalue weighted by Gasteiger charge is -2.25. The normalized spacial score (nSPS) is 23.3. The minimum absolute atomic E-state index is 0.0939. The number of nitrogens with zero attached hydrogens (tertiary/aromatic N) is 1. The van der Waals surface area contributed by atoms with Gasteiger partial charge in [0.1, 0.15) is 24.0 Å². The number of aliphatic hydroxyl groups excluding tert-OH is 1. The highest BCUT2D eigenvalue weighted by Gasteiger charge is 2.56. The molecule has 14 heteroatoms. The van der Waals surface area contributed by atoms with Crippen molar-refractivity contribution >= 4 is 13.7 Å². The molecule has 1 aliphatic rings. The Hall–Kier alpha value is -4.05. The number of rotatable bonds is 10. The summed E-state index contributed by atoms with van der Waals surface area (Å²) in [4.78, 5) is 38.2. The second kappa shape index (κ2) is 13.7. The third-order valence-electron chi connectivity index (χ3n) is 6.49. The van der Waals surface area contributed by atoms with E-state index in [9.17, 15) is 24.1 Å². The van der Waals surface area contributed by atoms with Crippen molar-refractivity contribution in [2.45, 2.75) is 63.9 Å². The highest BCUT2D eigenvalue weighted by Crippen LogP contribution is 2.47. The van der Waals surface area contributed by atoms with Gasteiger partial charge in [0, 0.05) is 23.4 Å². The SMILES string of the molecule is CC(C)OC(=O)C(C)NP(=O)(OCC1OC(n2ccc(=O)[nH]c2=O)C(C)(F)C1O)Oc1ccc(C#Cc2ccccc2)cc1. The summed E-state index contributed by atoms with van der Waals surface area (Å²) in [6.45, 7) is 5.03. The Morgan fingerprint density at radius 1 is 1.11 bits per heavy atom. The number of ether oxygens (including phenoxy) is 2. The molecule has 234 valence electrons. The van der Waals surface area contributed by atoms with Crippen LogP contribution in [0.2, 0.25) is 0 Å². The van der Waals surface area contributed by atoms with Crippen molar-refractivity contribution in [2.24, 2.45) is 0 Å². The quantitative estimate of drug-likeness (QED) is 0.173. The van der Waals surface area contributed by atoms with Crippen molar-refractivity contribution in [1.82, 2.24) is 14.6 Å². The average Bonchev–Trinajstić information content (AvgIpc) is 3.19. The average molecular weight is 630 g/mol. The van der Waals surface area contributed by atoms with Crippen LogP contribution in [0.15, 0.2) is 76.4 Å². The van der Waals surface area contributed by atoms with Crippen LogP contribution in [0.25, 0.3) is 0 Å². The first-order chi connectivity index (χ1) is 20.8. The molecular formula is C30H33FN3O9P. The zero-order chi connectivity index (χ0) is 32.1. The lowest BCUT2D eigenvalue weighted by atomic mass is 9.98. The number of alkyl halides is 1. The fourth-order valence-electron chi connectivity index (χ4n) is 4.25. The summed E-state index contributed by atoms with van der Waals surface area (Å²) < 4.78 is 52.4.